The molecule has 3 aromatic rings. The van der Waals surface area contributed by atoms with Gasteiger partial charge in [0, 0.05) is 5.56 Å². The minimum Gasteiger partial charge on any atom is -0.501 e. The second kappa shape index (κ2) is 7.76. The predicted octanol–water partition coefficient (Wildman–Crippen LogP) is 2.96. The lowest BCUT2D eigenvalue weighted by atomic mass is 9.82. The van der Waals surface area contributed by atoms with Gasteiger partial charge in [-0.15, -0.1) is 0 Å². The minimum absolute atomic E-state index is 0.0250. The van der Waals surface area contributed by atoms with Crippen molar-refractivity contribution in [1.29, 1.82) is 5.26 Å². The number of hydrogen-bond donors (Lipinski definition) is 1. The average Bonchev–Trinajstić information content (AvgIpc) is 2.79. The first-order chi connectivity index (χ1) is 15.0. The number of aliphatic hydroxyl groups excluding tert-OH is 1. The van der Waals surface area contributed by atoms with E-state index in [9.17, 15) is 25.3 Å². The number of allylic oxidation sites excluding steroid dienone is 1. The maximum atomic E-state index is 13.0. The van der Waals surface area contributed by atoms with Crippen molar-refractivity contribution in [3.63, 3.8) is 0 Å². The number of ether oxygens (including phenoxy) is 1. The summed E-state index contributed by atoms with van der Waals surface area (Å²) in [4.78, 5) is 24.2. The molecule has 154 valence electrons. The second-order valence-electron chi connectivity index (χ2n) is 6.89. The number of methoxy groups -OCH3 is 1. The molecule has 0 radical (unpaired) electrons. The van der Waals surface area contributed by atoms with E-state index in [-0.39, 0.29) is 23.2 Å². The fraction of sp³-hybridized carbons (Fsp3) is 0.136. The predicted molar refractivity (Wildman–Crippen MR) is 111 cm³/mol. The highest BCUT2D eigenvalue weighted by Gasteiger charge is 2.40. The summed E-state index contributed by atoms with van der Waals surface area (Å²) in [5.74, 6) is -0.955. The van der Waals surface area contributed by atoms with E-state index in [1.165, 1.54) is 7.11 Å². The number of rotatable bonds is 4. The Kier molecular flexibility index (Phi) is 4.97. The zero-order valence-electron chi connectivity index (χ0n) is 16.3. The Balaban J connectivity index is 1.96. The topological polar surface area (TPSA) is 131 Å². The highest BCUT2D eigenvalue weighted by Crippen LogP contribution is 2.39. The Bertz CT molecular complexity index is 1300. The first-order valence-electron chi connectivity index (χ1n) is 9.29. The molecule has 2 aromatic carbocycles. The van der Waals surface area contributed by atoms with Crippen LogP contribution in [-0.2, 0) is 6.42 Å². The summed E-state index contributed by atoms with van der Waals surface area (Å²) in [7, 11) is 1.50. The molecule has 1 atom stereocenters. The zero-order chi connectivity index (χ0) is 22.1. The summed E-state index contributed by atoms with van der Waals surface area (Å²) in [6.07, 6.45) is -0.0250. The molecule has 0 bridgehead atoms. The molecule has 0 aliphatic heterocycles. The van der Waals surface area contributed by atoms with E-state index in [0.29, 0.717) is 17.0 Å². The van der Waals surface area contributed by atoms with Crippen LogP contribution in [0.4, 0.5) is 0 Å². The van der Waals surface area contributed by atoms with Crippen molar-refractivity contribution in [3.05, 3.63) is 103 Å². The maximum absolute atomic E-state index is 13.0. The molecule has 4 rings (SSSR count). The first kappa shape index (κ1) is 19.8. The lowest BCUT2D eigenvalue weighted by molar-refractivity contribution is -0.430. The Morgan fingerprint density at radius 2 is 1.90 bits per heavy atom. The Labute approximate surface area is 176 Å². The van der Waals surface area contributed by atoms with Crippen LogP contribution in [0.3, 0.4) is 0 Å². The molecule has 0 fully saturated rings. The molecule has 1 unspecified atom stereocenters. The first-order valence-corrected chi connectivity index (χ1v) is 9.29. The summed E-state index contributed by atoms with van der Waals surface area (Å²) in [6.45, 7) is 0. The molecule has 1 N–H and O–H groups in total. The summed E-state index contributed by atoms with van der Waals surface area (Å²) >= 11 is 0. The van der Waals surface area contributed by atoms with E-state index >= 15 is 0 Å². The monoisotopic (exact) mass is 416 g/mol. The van der Waals surface area contributed by atoms with Crippen molar-refractivity contribution >= 4 is 5.76 Å². The van der Waals surface area contributed by atoms with Crippen LogP contribution in [0.25, 0.3) is 11.4 Å². The van der Waals surface area contributed by atoms with E-state index in [1.807, 2.05) is 6.07 Å². The minimum atomic E-state index is -0.866. The van der Waals surface area contributed by atoms with Crippen molar-refractivity contribution in [2.24, 2.45) is 0 Å². The maximum Gasteiger partial charge on any atom is 0.297 e. The number of aliphatic hydroxyl groups is 1. The summed E-state index contributed by atoms with van der Waals surface area (Å²) in [5, 5.41) is 36.6. The van der Waals surface area contributed by atoms with E-state index in [1.54, 1.807) is 54.6 Å². The zero-order valence-corrected chi connectivity index (χ0v) is 16.3. The lowest BCUT2D eigenvalue weighted by Gasteiger charge is -2.23. The molecule has 0 saturated carbocycles. The molecule has 1 aliphatic rings. The van der Waals surface area contributed by atoms with Crippen molar-refractivity contribution < 1.29 is 14.8 Å². The molecule has 1 heterocycles. The third-order valence-electron chi connectivity index (χ3n) is 5.23. The van der Waals surface area contributed by atoms with Crippen LogP contribution in [0.1, 0.15) is 28.3 Å². The fourth-order valence-electron chi connectivity index (χ4n) is 3.72. The SMILES string of the molecule is COc1ccc(C2Cc3c(nn(-c4ccccc4)c(=O)c3C#N)C(O)=C2[N+](=O)[O-])cc1. The summed E-state index contributed by atoms with van der Waals surface area (Å²) < 4.78 is 6.09. The van der Waals surface area contributed by atoms with Crippen LogP contribution < -0.4 is 10.3 Å². The van der Waals surface area contributed by atoms with Crippen LogP contribution in [0.5, 0.6) is 5.75 Å². The van der Waals surface area contributed by atoms with Gasteiger partial charge in [0.15, 0.2) is 0 Å². The largest absolute Gasteiger partial charge is 0.501 e. The third-order valence-corrected chi connectivity index (χ3v) is 5.23. The Morgan fingerprint density at radius 1 is 1.23 bits per heavy atom. The van der Waals surface area contributed by atoms with E-state index in [4.69, 9.17) is 4.74 Å². The second-order valence-corrected chi connectivity index (χ2v) is 6.89. The number of nitrogens with zero attached hydrogens (tertiary/aromatic N) is 4. The van der Waals surface area contributed by atoms with E-state index in [2.05, 4.69) is 5.10 Å². The molecule has 31 heavy (non-hydrogen) atoms. The van der Waals surface area contributed by atoms with E-state index in [0.717, 1.165) is 4.68 Å². The Morgan fingerprint density at radius 3 is 2.48 bits per heavy atom. The molecule has 0 amide bonds. The Hall–Kier alpha value is -4.45. The van der Waals surface area contributed by atoms with Gasteiger partial charge >= 0.3 is 0 Å². The van der Waals surface area contributed by atoms with Gasteiger partial charge < -0.3 is 9.84 Å². The molecule has 9 nitrogen and oxygen atoms in total. The number of fused-ring (bicyclic) bond motifs is 1. The molecular formula is C22H16N4O5. The average molecular weight is 416 g/mol. The van der Waals surface area contributed by atoms with Crippen molar-refractivity contribution in [2.45, 2.75) is 12.3 Å². The van der Waals surface area contributed by atoms with Crippen molar-refractivity contribution in [2.75, 3.05) is 7.11 Å². The van der Waals surface area contributed by atoms with Gasteiger partial charge in [0.25, 0.3) is 11.3 Å². The van der Waals surface area contributed by atoms with Gasteiger partial charge in [0.05, 0.1) is 23.6 Å². The highest BCUT2D eigenvalue weighted by atomic mass is 16.6. The molecule has 9 heteroatoms. The van der Waals surface area contributed by atoms with E-state index < -0.39 is 27.9 Å². The lowest BCUT2D eigenvalue weighted by Crippen LogP contribution is -2.31. The van der Waals surface area contributed by atoms with Gasteiger partial charge in [-0.05, 0) is 36.2 Å². The third kappa shape index (κ3) is 3.30. The number of nitro groups is 1. The van der Waals surface area contributed by atoms with Gasteiger partial charge in [-0.1, -0.05) is 30.3 Å². The molecule has 0 saturated heterocycles. The van der Waals surface area contributed by atoms with Crippen molar-refractivity contribution in [1.82, 2.24) is 9.78 Å². The van der Waals surface area contributed by atoms with Gasteiger partial charge in [0.2, 0.25) is 5.76 Å². The van der Waals surface area contributed by atoms with Crippen LogP contribution in [0.15, 0.2) is 65.1 Å². The number of benzene rings is 2. The number of nitriles is 1. The van der Waals surface area contributed by atoms with Crippen LogP contribution >= 0.6 is 0 Å². The standard InChI is InChI=1S/C22H16N4O5/c1-31-15-9-7-13(8-10-15)16-11-17-18(12-23)22(28)25(14-5-3-2-4-6-14)24-19(17)21(27)20(16)26(29)30/h2-10,16,27H,11H2,1H3. The molecule has 0 spiro atoms. The quantitative estimate of drug-likeness (QED) is 0.511. The van der Waals surface area contributed by atoms with Crippen molar-refractivity contribution in [3.8, 4) is 17.5 Å². The summed E-state index contributed by atoms with van der Waals surface area (Å²) in [6, 6.07) is 16.8. The molecule has 1 aliphatic carbocycles. The van der Waals surface area contributed by atoms with Crippen LogP contribution in [0.2, 0.25) is 0 Å². The number of aromatic nitrogens is 2. The number of para-hydroxylation sites is 1. The summed E-state index contributed by atoms with van der Waals surface area (Å²) in [5.41, 5.74) is -0.340. The fourth-order valence-corrected chi connectivity index (χ4v) is 3.72. The van der Waals surface area contributed by atoms with Crippen LogP contribution in [-0.4, -0.2) is 26.9 Å². The smallest absolute Gasteiger partial charge is 0.297 e. The van der Waals surface area contributed by atoms with Gasteiger partial charge in [0.1, 0.15) is 23.1 Å². The molecule has 1 aromatic heterocycles. The van der Waals surface area contributed by atoms with Gasteiger partial charge in [-0.25, -0.2) is 0 Å². The van der Waals surface area contributed by atoms with Crippen LogP contribution in [0, 0.1) is 21.4 Å². The number of hydrogen-bond acceptors (Lipinski definition) is 7. The normalized spacial score (nSPS) is 15.2. The van der Waals surface area contributed by atoms with Gasteiger partial charge in [-0.3, -0.25) is 14.9 Å². The highest BCUT2D eigenvalue weighted by molar-refractivity contribution is 5.67. The molecular weight excluding hydrogens is 400 g/mol. The van der Waals surface area contributed by atoms with Gasteiger partial charge in [-0.2, -0.15) is 15.0 Å².